The molecule has 0 saturated carbocycles. The van der Waals surface area contributed by atoms with E-state index in [4.69, 9.17) is 11.5 Å². The van der Waals surface area contributed by atoms with Crippen molar-refractivity contribution in [3.05, 3.63) is 59.7 Å². The van der Waals surface area contributed by atoms with Crippen molar-refractivity contribution >= 4 is 17.3 Å². The Bertz CT molecular complexity index is 590. The third kappa shape index (κ3) is 4.53. The Kier molecular flexibility index (Phi) is 4.82. The Morgan fingerprint density at radius 2 is 1.38 bits per heavy atom. The number of hydrogen-bond acceptors (Lipinski definition) is 3. The molecule has 0 unspecified atom stereocenters. The molecule has 0 spiro atoms. The summed E-state index contributed by atoms with van der Waals surface area (Å²) < 4.78 is 0. The number of amides is 1. The predicted molar refractivity (Wildman–Crippen MR) is 86.5 cm³/mol. The van der Waals surface area contributed by atoms with Gasteiger partial charge in [0.1, 0.15) is 0 Å². The van der Waals surface area contributed by atoms with Crippen molar-refractivity contribution < 1.29 is 4.79 Å². The molecule has 0 saturated heterocycles. The summed E-state index contributed by atoms with van der Waals surface area (Å²) in [5.74, 6) is 0.0715. The molecule has 1 amide bonds. The molecule has 0 aliphatic carbocycles. The van der Waals surface area contributed by atoms with Gasteiger partial charge in [0, 0.05) is 31.4 Å². The van der Waals surface area contributed by atoms with Gasteiger partial charge in [-0.3, -0.25) is 4.79 Å². The molecule has 4 nitrogen and oxygen atoms in total. The first-order valence-electron chi connectivity index (χ1n) is 6.99. The second-order valence-corrected chi connectivity index (χ2v) is 5.17. The van der Waals surface area contributed by atoms with Crippen LogP contribution >= 0.6 is 0 Å². The Labute approximate surface area is 125 Å². The van der Waals surface area contributed by atoms with E-state index in [-0.39, 0.29) is 5.91 Å². The monoisotopic (exact) mass is 283 g/mol. The number of nitrogen functional groups attached to an aromatic ring is 2. The third-order valence-electron chi connectivity index (χ3n) is 3.45. The van der Waals surface area contributed by atoms with Crippen molar-refractivity contribution in [1.82, 2.24) is 4.90 Å². The molecule has 0 aliphatic heterocycles. The van der Waals surface area contributed by atoms with Crippen molar-refractivity contribution in [2.45, 2.75) is 19.9 Å². The predicted octanol–water partition coefficient (Wildman–Crippen LogP) is 2.44. The highest BCUT2D eigenvalue weighted by molar-refractivity contribution is 5.73. The number of carbonyl (C=O) groups excluding carboxylic acids is 1. The van der Waals surface area contributed by atoms with Crippen LogP contribution in [0.5, 0.6) is 0 Å². The highest BCUT2D eigenvalue weighted by atomic mass is 16.2. The maximum atomic E-state index is 11.8. The maximum absolute atomic E-state index is 11.8. The lowest BCUT2D eigenvalue weighted by atomic mass is 10.1. The number of carbonyl (C=O) groups is 1. The standard InChI is InChI=1S/C17H21N3O/c1-13(21)20(12-15-4-8-17(19)9-5-15)11-10-14-2-6-16(18)7-3-14/h2-9H,10-12,18-19H2,1H3. The van der Waals surface area contributed by atoms with Gasteiger partial charge in [0.05, 0.1) is 0 Å². The Hall–Kier alpha value is -2.49. The van der Waals surface area contributed by atoms with E-state index >= 15 is 0 Å². The second-order valence-electron chi connectivity index (χ2n) is 5.17. The van der Waals surface area contributed by atoms with Crippen LogP contribution in [-0.4, -0.2) is 17.4 Å². The number of benzene rings is 2. The minimum atomic E-state index is 0.0715. The van der Waals surface area contributed by atoms with E-state index < -0.39 is 0 Å². The van der Waals surface area contributed by atoms with Crippen molar-refractivity contribution in [1.29, 1.82) is 0 Å². The number of nitrogens with zero attached hydrogens (tertiary/aromatic N) is 1. The maximum Gasteiger partial charge on any atom is 0.219 e. The fraction of sp³-hybridized carbons (Fsp3) is 0.235. The average molecular weight is 283 g/mol. The van der Waals surface area contributed by atoms with E-state index in [1.165, 1.54) is 5.56 Å². The molecule has 0 atom stereocenters. The van der Waals surface area contributed by atoms with Crippen molar-refractivity contribution in [2.75, 3.05) is 18.0 Å². The fourth-order valence-corrected chi connectivity index (χ4v) is 2.14. The molecule has 2 aromatic rings. The zero-order valence-corrected chi connectivity index (χ0v) is 12.3. The third-order valence-corrected chi connectivity index (χ3v) is 3.45. The van der Waals surface area contributed by atoms with Crippen LogP contribution in [0.15, 0.2) is 48.5 Å². The highest BCUT2D eigenvalue weighted by Crippen LogP contribution is 2.11. The van der Waals surface area contributed by atoms with Gasteiger partial charge in [0.2, 0.25) is 5.91 Å². The molecule has 0 aromatic heterocycles. The summed E-state index contributed by atoms with van der Waals surface area (Å²) in [6, 6.07) is 15.4. The van der Waals surface area contributed by atoms with E-state index in [1.807, 2.05) is 53.4 Å². The molecule has 2 aromatic carbocycles. The lowest BCUT2D eigenvalue weighted by Gasteiger charge is -2.21. The molecule has 0 heterocycles. The first kappa shape index (κ1) is 14.9. The van der Waals surface area contributed by atoms with Gasteiger partial charge in [0.15, 0.2) is 0 Å². The number of hydrogen-bond donors (Lipinski definition) is 2. The van der Waals surface area contributed by atoms with Crippen LogP contribution in [-0.2, 0) is 17.8 Å². The molecular formula is C17H21N3O. The Morgan fingerprint density at radius 3 is 1.86 bits per heavy atom. The smallest absolute Gasteiger partial charge is 0.219 e. The minimum Gasteiger partial charge on any atom is -0.399 e. The summed E-state index contributed by atoms with van der Waals surface area (Å²) in [7, 11) is 0. The van der Waals surface area contributed by atoms with Crippen LogP contribution in [0.25, 0.3) is 0 Å². The SMILES string of the molecule is CC(=O)N(CCc1ccc(N)cc1)Cc1ccc(N)cc1. The molecule has 0 fully saturated rings. The first-order valence-corrected chi connectivity index (χ1v) is 6.99. The van der Waals surface area contributed by atoms with Crippen LogP contribution in [0.1, 0.15) is 18.1 Å². The van der Waals surface area contributed by atoms with Gasteiger partial charge in [-0.05, 0) is 41.8 Å². The average Bonchev–Trinajstić information content (AvgIpc) is 2.47. The molecule has 2 rings (SSSR count). The number of nitrogens with two attached hydrogens (primary N) is 2. The molecule has 4 heteroatoms. The Morgan fingerprint density at radius 1 is 0.905 bits per heavy atom. The second kappa shape index (κ2) is 6.79. The molecule has 0 radical (unpaired) electrons. The molecule has 110 valence electrons. The van der Waals surface area contributed by atoms with Crippen molar-refractivity contribution in [3.63, 3.8) is 0 Å². The van der Waals surface area contributed by atoms with Gasteiger partial charge < -0.3 is 16.4 Å². The molecule has 21 heavy (non-hydrogen) atoms. The van der Waals surface area contributed by atoms with Gasteiger partial charge >= 0.3 is 0 Å². The van der Waals surface area contributed by atoms with E-state index in [9.17, 15) is 4.79 Å². The van der Waals surface area contributed by atoms with Gasteiger partial charge in [-0.15, -0.1) is 0 Å². The molecular weight excluding hydrogens is 262 g/mol. The molecule has 0 aliphatic rings. The van der Waals surface area contributed by atoms with E-state index in [0.29, 0.717) is 13.1 Å². The number of anilines is 2. The van der Waals surface area contributed by atoms with Gasteiger partial charge in [0.25, 0.3) is 0 Å². The quantitative estimate of drug-likeness (QED) is 0.828. The zero-order valence-electron chi connectivity index (χ0n) is 12.3. The van der Waals surface area contributed by atoms with Gasteiger partial charge in [-0.2, -0.15) is 0 Å². The summed E-state index contributed by atoms with van der Waals surface area (Å²) >= 11 is 0. The van der Waals surface area contributed by atoms with E-state index in [1.54, 1.807) is 6.92 Å². The van der Waals surface area contributed by atoms with Gasteiger partial charge in [-0.1, -0.05) is 24.3 Å². The Balaban J connectivity index is 1.97. The van der Waals surface area contributed by atoms with Crippen molar-refractivity contribution in [2.24, 2.45) is 0 Å². The largest absolute Gasteiger partial charge is 0.399 e. The van der Waals surface area contributed by atoms with Crippen LogP contribution in [0, 0.1) is 0 Å². The lowest BCUT2D eigenvalue weighted by Crippen LogP contribution is -2.30. The minimum absolute atomic E-state index is 0.0715. The zero-order chi connectivity index (χ0) is 15.2. The summed E-state index contributed by atoms with van der Waals surface area (Å²) in [4.78, 5) is 13.6. The lowest BCUT2D eigenvalue weighted by molar-refractivity contribution is -0.129. The topological polar surface area (TPSA) is 72.3 Å². The van der Waals surface area contributed by atoms with Crippen LogP contribution in [0.3, 0.4) is 0 Å². The highest BCUT2D eigenvalue weighted by Gasteiger charge is 2.09. The first-order chi connectivity index (χ1) is 10.0. The van der Waals surface area contributed by atoms with Gasteiger partial charge in [-0.25, -0.2) is 0 Å². The van der Waals surface area contributed by atoms with E-state index in [0.717, 1.165) is 23.4 Å². The normalized spacial score (nSPS) is 10.3. The fourth-order valence-electron chi connectivity index (χ4n) is 2.14. The van der Waals surface area contributed by atoms with E-state index in [2.05, 4.69) is 0 Å². The van der Waals surface area contributed by atoms with Crippen molar-refractivity contribution in [3.8, 4) is 0 Å². The van der Waals surface area contributed by atoms with Crippen LogP contribution in [0.4, 0.5) is 11.4 Å². The molecule has 0 bridgehead atoms. The summed E-state index contributed by atoms with van der Waals surface area (Å²) in [5.41, 5.74) is 15.1. The molecule has 4 N–H and O–H groups in total. The summed E-state index contributed by atoms with van der Waals surface area (Å²) in [6.45, 7) is 2.88. The summed E-state index contributed by atoms with van der Waals surface area (Å²) in [6.07, 6.45) is 0.814. The summed E-state index contributed by atoms with van der Waals surface area (Å²) in [5, 5.41) is 0. The van der Waals surface area contributed by atoms with Crippen LogP contribution in [0.2, 0.25) is 0 Å². The van der Waals surface area contributed by atoms with Crippen LogP contribution < -0.4 is 11.5 Å². The number of rotatable bonds is 5.